The lowest BCUT2D eigenvalue weighted by Crippen LogP contribution is -1.99. The molecule has 0 aromatic carbocycles. The molecule has 0 saturated heterocycles. The highest BCUT2D eigenvalue weighted by Gasteiger charge is 2.15. The minimum atomic E-state index is 0.277. The Balaban J connectivity index is 2.56. The van der Waals surface area contributed by atoms with Gasteiger partial charge in [0.1, 0.15) is 5.15 Å². The van der Waals surface area contributed by atoms with Gasteiger partial charge in [-0.05, 0) is 34.0 Å². The van der Waals surface area contributed by atoms with Gasteiger partial charge in [-0.15, -0.1) is 11.3 Å². The maximum absolute atomic E-state index is 6.09. The maximum atomic E-state index is 6.09. The molecule has 6 heteroatoms. The van der Waals surface area contributed by atoms with Gasteiger partial charge in [0.05, 0.1) is 19.4 Å². The molecule has 0 unspecified atom stereocenters. The molecular weight excluding hydrogens is 343 g/mol. The van der Waals surface area contributed by atoms with Crippen LogP contribution in [0, 0.1) is 0 Å². The Bertz CT molecular complexity index is 554. The summed E-state index contributed by atoms with van der Waals surface area (Å²) < 4.78 is 1.48. The van der Waals surface area contributed by atoms with Crippen LogP contribution in [-0.4, -0.2) is 9.97 Å². The molecule has 0 aliphatic heterocycles. The largest absolute Gasteiger partial charge is 0.231 e. The van der Waals surface area contributed by atoms with Crippen LogP contribution >= 0.6 is 50.5 Å². The molecule has 2 heterocycles. The van der Waals surface area contributed by atoms with Crippen molar-refractivity contribution in [3.8, 4) is 10.7 Å². The van der Waals surface area contributed by atoms with E-state index in [0.29, 0.717) is 15.3 Å². The molecular formula is C11H9BrCl2N2S. The van der Waals surface area contributed by atoms with E-state index < -0.39 is 0 Å². The summed E-state index contributed by atoms with van der Waals surface area (Å²) in [5.74, 6) is 0.901. The molecule has 0 fully saturated rings. The zero-order valence-electron chi connectivity index (χ0n) is 9.17. The van der Waals surface area contributed by atoms with Crippen molar-refractivity contribution < 1.29 is 0 Å². The quantitative estimate of drug-likeness (QED) is 0.677. The van der Waals surface area contributed by atoms with Gasteiger partial charge in [-0.1, -0.05) is 37.0 Å². The first-order valence-electron chi connectivity index (χ1n) is 4.97. The summed E-state index contributed by atoms with van der Waals surface area (Å²) in [6.45, 7) is 4.13. The summed E-state index contributed by atoms with van der Waals surface area (Å²) in [6.07, 6.45) is 0. The average Bonchev–Trinajstić information content (AvgIpc) is 2.68. The molecule has 0 bridgehead atoms. The van der Waals surface area contributed by atoms with Crippen LogP contribution in [0.25, 0.3) is 10.7 Å². The lowest BCUT2D eigenvalue weighted by Gasteiger charge is -2.09. The number of nitrogens with zero attached hydrogens (tertiary/aromatic N) is 2. The maximum Gasteiger partial charge on any atom is 0.171 e. The molecule has 0 atom stereocenters. The van der Waals surface area contributed by atoms with Crippen molar-refractivity contribution in [2.24, 2.45) is 0 Å². The van der Waals surface area contributed by atoms with E-state index >= 15 is 0 Å². The van der Waals surface area contributed by atoms with Crippen LogP contribution in [0.15, 0.2) is 16.6 Å². The van der Waals surface area contributed by atoms with Gasteiger partial charge in [-0.3, -0.25) is 0 Å². The Hall–Kier alpha value is -0.160. The van der Waals surface area contributed by atoms with E-state index in [1.165, 1.54) is 11.3 Å². The van der Waals surface area contributed by atoms with E-state index in [2.05, 4.69) is 39.7 Å². The van der Waals surface area contributed by atoms with Crippen molar-refractivity contribution in [1.29, 1.82) is 0 Å². The van der Waals surface area contributed by atoms with Gasteiger partial charge in [0, 0.05) is 0 Å². The van der Waals surface area contributed by atoms with E-state index in [1.54, 1.807) is 0 Å². The topological polar surface area (TPSA) is 25.8 Å². The van der Waals surface area contributed by atoms with E-state index in [9.17, 15) is 0 Å². The second-order valence-corrected chi connectivity index (χ2v) is 6.66. The highest BCUT2D eigenvalue weighted by molar-refractivity contribution is 9.10. The number of hydrogen-bond acceptors (Lipinski definition) is 3. The van der Waals surface area contributed by atoms with Crippen molar-refractivity contribution in [2.75, 3.05) is 0 Å². The van der Waals surface area contributed by atoms with Crippen LogP contribution in [0.4, 0.5) is 0 Å². The van der Waals surface area contributed by atoms with Gasteiger partial charge in [-0.2, -0.15) is 0 Å². The van der Waals surface area contributed by atoms with Gasteiger partial charge in [0.2, 0.25) is 0 Å². The number of hydrogen-bond donors (Lipinski definition) is 0. The fraction of sp³-hybridized carbons (Fsp3) is 0.273. The summed E-state index contributed by atoms with van der Waals surface area (Å²) in [5, 5.41) is 0.434. The van der Waals surface area contributed by atoms with E-state index in [4.69, 9.17) is 23.2 Å². The first-order valence-corrected chi connectivity index (χ1v) is 7.34. The van der Waals surface area contributed by atoms with Crippen molar-refractivity contribution in [2.45, 2.75) is 19.8 Å². The normalized spacial score (nSPS) is 11.2. The molecule has 0 spiro atoms. The Morgan fingerprint density at radius 1 is 1.24 bits per heavy atom. The smallest absolute Gasteiger partial charge is 0.171 e. The third-order valence-electron chi connectivity index (χ3n) is 2.18. The predicted molar refractivity (Wildman–Crippen MR) is 77.2 cm³/mol. The van der Waals surface area contributed by atoms with Crippen LogP contribution in [0.2, 0.25) is 9.49 Å². The summed E-state index contributed by atoms with van der Waals surface area (Å²) in [7, 11) is 0. The van der Waals surface area contributed by atoms with Crippen molar-refractivity contribution in [1.82, 2.24) is 9.97 Å². The highest BCUT2D eigenvalue weighted by atomic mass is 79.9. The third kappa shape index (κ3) is 2.81. The Labute approximate surface area is 122 Å². The molecule has 2 nitrogen and oxygen atoms in total. The standard InChI is InChI=1S/C11H9BrCl2N2S/c1-5(2)9-8(12)10(14)16-11(15-9)6-3-4-7(13)17-6/h3-5H,1-2H3. The lowest BCUT2D eigenvalue weighted by molar-refractivity contribution is 0.810. The molecule has 0 aliphatic rings. The fourth-order valence-electron chi connectivity index (χ4n) is 1.36. The van der Waals surface area contributed by atoms with Gasteiger partial charge in [0.25, 0.3) is 0 Å². The van der Waals surface area contributed by atoms with E-state index in [1.807, 2.05) is 12.1 Å². The monoisotopic (exact) mass is 350 g/mol. The lowest BCUT2D eigenvalue weighted by atomic mass is 10.1. The summed E-state index contributed by atoms with van der Waals surface area (Å²) >= 11 is 16.9. The molecule has 0 aliphatic carbocycles. The van der Waals surface area contributed by atoms with Gasteiger partial charge in [0.15, 0.2) is 5.82 Å². The zero-order chi connectivity index (χ0) is 12.6. The molecule has 0 amide bonds. The fourth-order valence-corrected chi connectivity index (χ4v) is 3.15. The first-order chi connectivity index (χ1) is 7.99. The number of thiophene rings is 1. The predicted octanol–water partition coefficient (Wildman–Crippen LogP) is 5.40. The summed E-state index contributed by atoms with van der Waals surface area (Å²) in [4.78, 5) is 9.71. The minimum absolute atomic E-state index is 0.277. The highest BCUT2D eigenvalue weighted by Crippen LogP contribution is 2.34. The van der Waals surface area contributed by atoms with Gasteiger partial charge >= 0.3 is 0 Å². The van der Waals surface area contributed by atoms with E-state index in [0.717, 1.165) is 15.0 Å². The number of halogens is 3. The Kier molecular flexibility index (Phi) is 4.08. The van der Waals surface area contributed by atoms with Crippen molar-refractivity contribution in [3.63, 3.8) is 0 Å². The Morgan fingerprint density at radius 2 is 1.94 bits per heavy atom. The zero-order valence-corrected chi connectivity index (χ0v) is 13.1. The Morgan fingerprint density at radius 3 is 2.47 bits per heavy atom. The molecule has 90 valence electrons. The molecule has 2 aromatic rings. The summed E-state index contributed by atoms with van der Waals surface area (Å²) in [5.41, 5.74) is 0.907. The molecule has 0 N–H and O–H groups in total. The SMILES string of the molecule is CC(C)c1nc(-c2ccc(Cl)s2)nc(Cl)c1Br. The average molecular weight is 352 g/mol. The second kappa shape index (κ2) is 5.22. The van der Waals surface area contributed by atoms with Crippen LogP contribution < -0.4 is 0 Å². The van der Waals surface area contributed by atoms with Gasteiger partial charge in [-0.25, -0.2) is 9.97 Å². The van der Waals surface area contributed by atoms with Crippen molar-refractivity contribution in [3.05, 3.63) is 31.8 Å². The van der Waals surface area contributed by atoms with Gasteiger partial charge < -0.3 is 0 Å². The molecule has 2 aromatic heterocycles. The molecule has 0 radical (unpaired) electrons. The molecule has 17 heavy (non-hydrogen) atoms. The van der Waals surface area contributed by atoms with Crippen LogP contribution in [0.3, 0.4) is 0 Å². The third-order valence-corrected chi connectivity index (χ3v) is 4.69. The molecule has 2 rings (SSSR count). The van der Waals surface area contributed by atoms with Crippen LogP contribution in [0.1, 0.15) is 25.5 Å². The van der Waals surface area contributed by atoms with Crippen LogP contribution in [0.5, 0.6) is 0 Å². The number of rotatable bonds is 2. The van der Waals surface area contributed by atoms with Crippen LogP contribution in [-0.2, 0) is 0 Å². The number of aromatic nitrogens is 2. The minimum Gasteiger partial charge on any atom is -0.231 e. The summed E-state index contributed by atoms with van der Waals surface area (Å²) in [6, 6.07) is 3.73. The first kappa shape index (κ1) is 13.3. The molecule has 0 saturated carbocycles. The van der Waals surface area contributed by atoms with E-state index in [-0.39, 0.29) is 5.92 Å². The van der Waals surface area contributed by atoms with Crippen molar-refractivity contribution >= 4 is 50.5 Å². The second-order valence-electron chi connectivity index (χ2n) is 3.80.